The molecule has 28 heavy (non-hydrogen) atoms. The first kappa shape index (κ1) is 21.5. The average molecular weight is 471 g/mol. The molecule has 0 bridgehead atoms. The molecule has 4 N–H and O–H groups in total. The first-order valence-corrected chi connectivity index (χ1v) is 9.10. The van der Waals surface area contributed by atoms with E-state index in [0.29, 0.717) is 5.69 Å². The molecule has 8 nitrogen and oxygen atoms in total. The zero-order valence-electron chi connectivity index (χ0n) is 14.8. The molecule has 0 atom stereocenters. The summed E-state index contributed by atoms with van der Waals surface area (Å²) in [6.45, 7) is -0.642. The van der Waals surface area contributed by atoms with Crippen molar-refractivity contribution in [3.8, 4) is 11.5 Å². The van der Waals surface area contributed by atoms with Gasteiger partial charge in [-0.2, -0.15) is 0 Å². The second kappa shape index (κ2) is 9.95. The minimum absolute atomic E-state index is 0.0587. The number of benzene rings is 2. The molecule has 0 aromatic heterocycles. The second-order valence-corrected chi connectivity index (χ2v) is 6.72. The summed E-state index contributed by atoms with van der Waals surface area (Å²) in [5.74, 6) is -1.39. The largest absolute Gasteiger partial charge is 0.493 e. The van der Waals surface area contributed by atoms with E-state index in [0.717, 1.165) is 4.47 Å². The van der Waals surface area contributed by atoms with E-state index in [1.807, 2.05) is 6.07 Å². The van der Waals surface area contributed by atoms with Crippen LogP contribution in [0.5, 0.6) is 11.5 Å². The van der Waals surface area contributed by atoms with Crippen LogP contribution in [0.2, 0.25) is 5.02 Å². The van der Waals surface area contributed by atoms with Gasteiger partial charge in [0.25, 0.3) is 11.8 Å². The van der Waals surface area contributed by atoms with Crippen molar-refractivity contribution in [3.63, 3.8) is 0 Å². The highest BCUT2D eigenvalue weighted by Crippen LogP contribution is 2.36. The lowest BCUT2D eigenvalue weighted by Gasteiger charge is -2.13. The van der Waals surface area contributed by atoms with Crippen molar-refractivity contribution in [2.45, 2.75) is 0 Å². The normalized spacial score (nSPS) is 10.1. The number of ether oxygens (including phenoxy) is 2. The van der Waals surface area contributed by atoms with Gasteiger partial charge in [-0.25, -0.2) is 0 Å². The number of carbonyl (C=O) groups excluding carboxylic acids is 3. The molecule has 2 aromatic rings. The number of halogens is 2. The zero-order chi connectivity index (χ0) is 20.7. The van der Waals surface area contributed by atoms with Gasteiger partial charge in [-0.1, -0.05) is 23.7 Å². The number of carbonyl (C=O) groups is 3. The van der Waals surface area contributed by atoms with E-state index < -0.39 is 24.3 Å². The Hall–Kier alpha value is -2.78. The van der Waals surface area contributed by atoms with Crippen molar-refractivity contribution >= 4 is 50.9 Å². The van der Waals surface area contributed by atoms with Crippen molar-refractivity contribution in [3.05, 3.63) is 51.5 Å². The highest BCUT2D eigenvalue weighted by molar-refractivity contribution is 9.10. The maximum atomic E-state index is 12.3. The maximum absolute atomic E-state index is 12.3. The maximum Gasteiger partial charge on any atom is 0.255 e. The van der Waals surface area contributed by atoms with Crippen LogP contribution in [-0.4, -0.2) is 38.0 Å². The molecular formula is C18H17BrClN3O5. The Kier molecular flexibility index (Phi) is 7.65. The van der Waals surface area contributed by atoms with Crippen LogP contribution >= 0.6 is 27.5 Å². The highest BCUT2D eigenvalue weighted by atomic mass is 79.9. The molecule has 0 aliphatic carbocycles. The third-order valence-electron chi connectivity index (χ3n) is 3.41. The first-order chi connectivity index (χ1) is 13.3. The van der Waals surface area contributed by atoms with Crippen LogP contribution in [0.25, 0.3) is 0 Å². The van der Waals surface area contributed by atoms with E-state index in [-0.39, 0.29) is 28.6 Å². The van der Waals surface area contributed by atoms with E-state index in [9.17, 15) is 14.4 Å². The van der Waals surface area contributed by atoms with Gasteiger partial charge in [0.1, 0.15) is 0 Å². The predicted molar refractivity (Wildman–Crippen MR) is 108 cm³/mol. The van der Waals surface area contributed by atoms with E-state index in [1.165, 1.54) is 19.2 Å². The zero-order valence-corrected chi connectivity index (χ0v) is 17.1. The van der Waals surface area contributed by atoms with Crippen LogP contribution in [0.3, 0.4) is 0 Å². The third kappa shape index (κ3) is 5.86. The number of primary amides is 1. The summed E-state index contributed by atoms with van der Waals surface area (Å²) >= 11 is 9.43. The fourth-order valence-corrected chi connectivity index (χ4v) is 2.80. The quantitative estimate of drug-likeness (QED) is 0.547. The molecule has 3 amide bonds. The number of methoxy groups -OCH3 is 1. The van der Waals surface area contributed by atoms with Crippen molar-refractivity contribution in [1.29, 1.82) is 0 Å². The van der Waals surface area contributed by atoms with Gasteiger partial charge in [0, 0.05) is 10.0 Å². The van der Waals surface area contributed by atoms with Crippen LogP contribution in [0.15, 0.2) is 40.9 Å². The number of hydrogen-bond acceptors (Lipinski definition) is 5. The summed E-state index contributed by atoms with van der Waals surface area (Å²) in [5, 5.41) is 5.22. The molecule has 0 saturated heterocycles. The Morgan fingerprint density at radius 1 is 1.21 bits per heavy atom. The van der Waals surface area contributed by atoms with Gasteiger partial charge in [-0.15, -0.1) is 0 Å². The van der Waals surface area contributed by atoms with Gasteiger partial charge >= 0.3 is 0 Å². The van der Waals surface area contributed by atoms with Crippen LogP contribution in [0.4, 0.5) is 5.69 Å². The Morgan fingerprint density at radius 2 is 1.93 bits per heavy atom. The molecule has 0 radical (unpaired) electrons. The number of amides is 3. The monoisotopic (exact) mass is 469 g/mol. The first-order valence-electron chi connectivity index (χ1n) is 7.93. The minimum Gasteiger partial charge on any atom is -0.493 e. The number of nitrogens with one attached hydrogen (secondary N) is 2. The molecule has 148 valence electrons. The Labute approximate surface area is 174 Å². The molecule has 0 saturated carbocycles. The molecule has 0 aliphatic rings. The Bertz CT molecular complexity index is 907. The topological polar surface area (TPSA) is 120 Å². The summed E-state index contributed by atoms with van der Waals surface area (Å²) in [6.07, 6.45) is 0. The number of anilines is 1. The van der Waals surface area contributed by atoms with Gasteiger partial charge in [-0.05, 0) is 40.2 Å². The van der Waals surface area contributed by atoms with Crippen molar-refractivity contribution in [1.82, 2.24) is 5.32 Å². The fourth-order valence-electron chi connectivity index (χ4n) is 2.15. The van der Waals surface area contributed by atoms with Gasteiger partial charge < -0.3 is 25.8 Å². The second-order valence-electron chi connectivity index (χ2n) is 5.46. The fraction of sp³-hybridized carbons (Fsp3) is 0.167. The smallest absolute Gasteiger partial charge is 0.255 e. The van der Waals surface area contributed by atoms with Crippen LogP contribution in [0, 0.1) is 0 Å². The molecule has 0 aliphatic heterocycles. The van der Waals surface area contributed by atoms with E-state index in [4.69, 9.17) is 26.8 Å². The number of para-hydroxylation sites is 1. The number of nitrogens with two attached hydrogens (primary N) is 1. The van der Waals surface area contributed by atoms with Gasteiger partial charge in [-0.3, -0.25) is 14.4 Å². The van der Waals surface area contributed by atoms with Crippen LogP contribution in [0.1, 0.15) is 10.4 Å². The van der Waals surface area contributed by atoms with E-state index >= 15 is 0 Å². The number of hydrogen-bond donors (Lipinski definition) is 3. The lowest BCUT2D eigenvalue weighted by Crippen LogP contribution is -2.33. The standard InChI is InChI=1S/C18H17BrClN3O5/c1-27-14-7-10(6-12(20)17(14)28-9-15(21)24)18(26)22-8-16(25)23-13-5-3-2-4-11(13)19/h2-7H,8-9H2,1H3,(H2,21,24)(H,22,26)(H,23,25). The average Bonchev–Trinajstić information content (AvgIpc) is 2.66. The molecule has 0 spiro atoms. The van der Waals surface area contributed by atoms with Gasteiger partial charge in [0.05, 0.1) is 24.4 Å². The number of rotatable bonds is 8. The lowest BCUT2D eigenvalue weighted by atomic mass is 10.2. The third-order valence-corrected chi connectivity index (χ3v) is 4.38. The molecule has 2 rings (SSSR count). The summed E-state index contributed by atoms with van der Waals surface area (Å²) in [7, 11) is 1.36. The summed E-state index contributed by atoms with van der Waals surface area (Å²) in [5.41, 5.74) is 5.78. The lowest BCUT2D eigenvalue weighted by molar-refractivity contribution is -0.120. The van der Waals surface area contributed by atoms with Crippen LogP contribution in [-0.2, 0) is 9.59 Å². The Balaban J connectivity index is 2.03. The van der Waals surface area contributed by atoms with E-state index in [2.05, 4.69) is 26.6 Å². The molecule has 10 heteroatoms. The molecule has 2 aromatic carbocycles. The van der Waals surface area contributed by atoms with E-state index in [1.54, 1.807) is 18.2 Å². The molecule has 0 heterocycles. The van der Waals surface area contributed by atoms with Gasteiger partial charge in [0.15, 0.2) is 18.1 Å². The highest BCUT2D eigenvalue weighted by Gasteiger charge is 2.17. The summed E-state index contributed by atoms with van der Waals surface area (Å²) in [6, 6.07) is 9.80. The summed E-state index contributed by atoms with van der Waals surface area (Å²) < 4.78 is 11.1. The molecular weight excluding hydrogens is 454 g/mol. The Morgan fingerprint density at radius 3 is 2.57 bits per heavy atom. The van der Waals surface area contributed by atoms with Crippen molar-refractivity contribution in [2.24, 2.45) is 5.73 Å². The van der Waals surface area contributed by atoms with Crippen molar-refractivity contribution < 1.29 is 23.9 Å². The van der Waals surface area contributed by atoms with Gasteiger partial charge in [0.2, 0.25) is 5.91 Å². The molecule has 0 fully saturated rings. The van der Waals surface area contributed by atoms with Crippen LogP contribution < -0.4 is 25.8 Å². The summed E-state index contributed by atoms with van der Waals surface area (Å²) in [4.78, 5) is 35.2. The minimum atomic E-state index is -0.684. The van der Waals surface area contributed by atoms with Crippen molar-refractivity contribution in [2.75, 3.05) is 25.6 Å². The molecule has 0 unspecified atom stereocenters. The predicted octanol–water partition coefficient (Wildman–Crippen LogP) is 2.34. The SMILES string of the molecule is COc1cc(C(=O)NCC(=O)Nc2ccccc2Br)cc(Cl)c1OCC(N)=O.